The van der Waals surface area contributed by atoms with E-state index >= 15 is 0 Å². The van der Waals surface area contributed by atoms with Crippen LogP contribution in [-0.2, 0) is 6.54 Å². The van der Waals surface area contributed by atoms with Gasteiger partial charge in [0.25, 0.3) is 0 Å². The molecule has 7 nitrogen and oxygen atoms in total. The van der Waals surface area contributed by atoms with E-state index in [-0.39, 0.29) is 53.7 Å². The Kier molecular flexibility index (Phi) is 12.4. The van der Waals surface area contributed by atoms with E-state index in [2.05, 4.69) is 26.3 Å². The first-order valence-corrected chi connectivity index (χ1v) is 10.5. The van der Waals surface area contributed by atoms with Crippen LogP contribution in [0.3, 0.4) is 0 Å². The number of rotatable bonds is 9. The van der Waals surface area contributed by atoms with Crippen LogP contribution in [0.15, 0.2) is 53.5 Å². The molecule has 0 spiro atoms. The van der Waals surface area contributed by atoms with Gasteiger partial charge in [0.2, 0.25) is 0 Å². The number of aliphatic imine (C=N–C) groups is 1. The number of carbonyl (C=O) groups excluding carboxylic acids is 1. The average Bonchev–Trinajstić information content (AvgIpc) is 2.72. The summed E-state index contributed by atoms with van der Waals surface area (Å²) >= 11 is 0. The van der Waals surface area contributed by atoms with Crippen molar-refractivity contribution in [2.75, 3.05) is 18.4 Å². The zero-order valence-corrected chi connectivity index (χ0v) is 21.3. The smallest absolute Gasteiger partial charge is 0.319 e. The van der Waals surface area contributed by atoms with Crippen LogP contribution in [0.2, 0.25) is 0 Å². The Balaban J connectivity index is 0.00000512. The molecule has 0 heterocycles. The van der Waals surface area contributed by atoms with Crippen molar-refractivity contribution >= 4 is 41.7 Å². The third-order valence-electron chi connectivity index (χ3n) is 4.12. The SMILES string of the molecule is CCNC(=NCc1ccc(NC(=O)NC(C)C)cc1)NCC(C)Oc1ccccc1F.I. The van der Waals surface area contributed by atoms with Gasteiger partial charge < -0.3 is 26.0 Å². The number of hydrogen-bond donors (Lipinski definition) is 4. The van der Waals surface area contributed by atoms with Crippen LogP contribution in [0.25, 0.3) is 0 Å². The van der Waals surface area contributed by atoms with Crippen LogP contribution in [0.4, 0.5) is 14.9 Å². The van der Waals surface area contributed by atoms with Crippen molar-refractivity contribution in [1.82, 2.24) is 16.0 Å². The molecule has 0 aliphatic rings. The van der Waals surface area contributed by atoms with Gasteiger partial charge in [-0.2, -0.15) is 0 Å². The molecular weight excluding hydrogens is 524 g/mol. The lowest BCUT2D eigenvalue weighted by Gasteiger charge is -2.18. The minimum atomic E-state index is -0.380. The molecule has 0 bridgehead atoms. The van der Waals surface area contributed by atoms with Crippen molar-refractivity contribution in [3.8, 4) is 5.75 Å². The van der Waals surface area contributed by atoms with E-state index in [1.54, 1.807) is 18.2 Å². The molecule has 32 heavy (non-hydrogen) atoms. The Morgan fingerprint density at radius 3 is 2.38 bits per heavy atom. The summed E-state index contributed by atoms with van der Waals surface area (Å²) in [5.74, 6) is 0.494. The maximum atomic E-state index is 13.7. The molecule has 0 fully saturated rings. The topological polar surface area (TPSA) is 86.8 Å². The van der Waals surface area contributed by atoms with Crippen LogP contribution in [0.5, 0.6) is 5.75 Å². The van der Waals surface area contributed by atoms with Gasteiger partial charge in [0.15, 0.2) is 17.5 Å². The number of guanidine groups is 1. The molecule has 9 heteroatoms. The molecule has 2 aromatic rings. The highest BCUT2D eigenvalue weighted by molar-refractivity contribution is 14.0. The minimum Gasteiger partial charge on any atom is -0.486 e. The van der Waals surface area contributed by atoms with Gasteiger partial charge in [0, 0.05) is 18.3 Å². The molecule has 0 aliphatic carbocycles. The maximum Gasteiger partial charge on any atom is 0.319 e. The van der Waals surface area contributed by atoms with Gasteiger partial charge in [-0.15, -0.1) is 24.0 Å². The van der Waals surface area contributed by atoms with Crippen LogP contribution in [-0.4, -0.2) is 37.2 Å². The summed E-state index contributed by atoms with van der Waals surface area (Å²) < 4.78 is 19.4. The quantitative estimate of drug-likeness (QED) is 0.208. The Hall–Kier alpha value is -2.56. The highest BCUT2D eigenvalue weighted by Crippen LogP contribution is 2.16. The standard InChI is InChI=1S/C23H32FN5O2.HI/c1-5-25-22(26-14-17(4)31-21-9-7-6-8-20(21)24)27-15-18-10-12-19(13-11-18)29-23(30)28-16(2)3;/h6-13,16-17H,5,14-15H2,1-4H3,(H2,25,26,27)(H2,28,29,30);1H. The van der Waals surface area contributed by atoms with Gasteiger partial charge in [0.1, 0.15) is 6.10 Å². The Labute approximate surface area is 206 Å². The van der Waals surface area contributed by atoms with E-state index < -0.39 is 0 Å². The van der Waals surface area contributed by atoms with Crippen LogP contribution in [0.1, 0.15) is 33.3 Å². The Morgan fingerprint density at radius 2 is 1.75 bits per heavy atom. The third-order valence-corrected chi connectivity index (χ3v) is 4.12. The number of urea groups is 1. The second-order valence-electron chi connectivity index (χ2n) is 7.39. The van der Waals surface area contributed by atoms with Crippen LogP contribution < -0.4 is 26.0 Å². The largest absolute Gasteiger partial charge is 0.486 e. The normalized spacial score (nSPS) is 11.9. The van der Waals surface area contributed by atoms with Gasteiger partial charge in [-0.25, -0.2) is 14.2 Å². The van der Waals surface area contributed by atoms with E-state index in [1.807, 2.05) is 52.0 Å². The number of benzene rings is 2. The Bertz CT molecular complexity index is 862. The van der Waals surface area contributed by atoms with E-state index in [9.17, 15) is 9.18 Å². The van der Waals surface area contributed by atoms with Crippen molar-refractivity contribution in [2.45, 2.75) is 46.4 Å². The number of hydrogen-bond acceptors (Lipinski definition) is 3. The zero-order chi connectivity index (χ0) is 22.6. The van der Waals surface area contributed by atoms with Gasteiger partial charge >= 0.3 is 6.03 Å². The van der Waals surface area contributed by atoms with Gasteiger partial charge in [-0.1, -0.05) is 24.3 Å². The summed E-state index contributed by atoms with van der Waals surface area (Å²) in [7, 11) is 0. The molecule has 0 saturated heterocycles. The summed E-state index contributed by atoms with van der Waals surface area (Å²) in [6.45, 7) is 9.31. The summed E-state index contributed by atoms with van der Waals surface area (Å²) in [6.07, 6.45) is -0.247. The number of ether oxygens (including phenoxy) is 1. The van der Waals surface area contributed by atoms with Gasteiger partial charge in [-0.05, 0) is 57.5 Å². The number of anilines is 1. The fourth-order valence-corrected chi connectivity index (χ4v) is 2.67. The number of carbonyl (C=O) groups is 1. The van der Waals surface area contributed by atoms with Crippen molar-refractivity contribution in [3.05, 3.63) is 59.9 Å². The zero-order valence-electron chi connectivity index (χ0n) is 18.9. The third kappa shape index (κ3) is 10.2. The van der Waals surface area contributed by atoms with Crippen molar-refractivity contribution in [3.63, 3.8) is 0 Å². The number of amides is 2. The summed E-state index contributed by atoms with van der Waals surface area (Å²) in [6, 6.07) is 13.7. The molecule has 176 valence electrons. The molecule has 2 amide bonds. The molecule has 0 radical (unpaired) electrons. The molecule has 1 atom stereocenters. The highest BCUT2D eigenvalue weighted by atomic mass is 127. The van der Waals surface area contributed by atoms with Gasteiger partial charge in [0.05, 0.1) is 13.1 Å². The highest BCUT2D eigenvalue weighted by Gasteiger charge is 2.09. The molecule has 1 unspecified atom stereocenters. The van der Waals surface area contributed by atoms with Crippen molar-refractivity contribution < 1.29 is 13.9 Å². The van der Waals surface area contributed by atoms with E-state index in [0.717, 1.165) is 11.3 Å². The lowest BCUT2D eigenvalue weighted by molar-refractivity contribution is 0.214. The number of nitrogens with zero attached hydrogens (tertiary/aromatic N) is 1. The number of nitrogens with one attached hydrogen (secondary N) is 4. The monoisotopic (exact) mass is 557 g/mol. The van der Waals surface area contributed by atoms with Crippen molar-refractivity contribution in [2.24, 2.45) is 4.99 Å². The van der Waals surface area contributed by atoms with Crippen LogP contribution in [0, 0.1) is 5.82 Å². The molecule has 0 aliphatic heterocycles. The summed E-state index contributed by atoms with van der Waals surface area (Å²) in [5.41, 5.74) is 1.72. The molecular formula is C23H33FIN5O2. The molecule has 2 rings (SSSR count). The second kappa shape index (κ2) is 14.5. The van der Waals surface area contributed by atoms with Crippen LogP contribution >= 0.6 is 24.0 Å². The first-order valence-electron chi connectivity index (χ1n) is 10.5. The first kappa shape index (κ1) is 27.5. The second-order valence-corrected chi connectivity index (χ2v) is 7.39. The lowest BCUT2D eigenvalue weighted by atomic mass is 10.2. The Morgan fingerprint density at radius 1 is 1.06 bits per heavy atom. The predicted molar refractivity (Wildman–Crippen MR) is 138 cm³/mol. The fourth-order valence-electron chi connectivity index (χ4n) is 2.67. The minimum absolute atomic E-state index is 0. The maximum absolute atomic E-state index is 13.7. The average molecular weight is 557 g/mol. The van der Waals surface area contributed by atoms with Crippen molar-refractivity contribution in [1.29, 1.82) is 0 Å². The summed E-state index contributed by atoms with van der Waals surface area (Å²) in [4.78, 5) is 16.3. The number of halogens is 2. The lowest BCUT2D eigenvalue weighted by Crippen LogP contribution is -2.41. The van der Waals surface area contributed by atoms with Gasteiger partial charge in [-0.3, -0.25) is 0 Å². The summed E-state index contributed by atoms with van der Waals surface area (Å²) in [5, 5.41) is 12.0. The molecule has 0 saturated carbocycles. The van der Waals surface area contributed by atoms with E-state index in [0.29, 0.717) is 25.6 Å². The predicted octanol–water partition coefficient (Wildman–Crippen LogP) is 4.50. The fraction of sp³-hybridized carbons (Fsp3) is 0.391. The first-order chi connectivity index (χ1) is 14.9. The number of para-hydroxylation sites is 1. The molecule has 0 aromatic heterocycles. The molecule has 2 aromatic carbocycles. The van der Waals surface area contributed by atoms with E-state index in [1.165, 1.54) is 6.07 Å². The van der Waals surface area contributed by atoms with E-state index in [4.69, 9.17) is 4.74 Å². The molecule has 4 N–H and O–H groups in total.